The van der Waals surface area contributed by atoms with Gasteiger partial charge in [-0.2, -0.15) is 0 Å². The summed E-state index contributed by atoms with van der Waals surface area (Å²) in [6, 6.07) is 0.467. The normalized spacial score (nSPS) is 21.6. The average molecular weight is 328 g/mol. The molecule has 1 aliphatic carbocycles. The van der Waals surface area contributed by atoms with Gasteiger partial charge in [0.25, 0.3) is 0 Å². The van der Waals surface area contributed by atoms with Crippen molar-refractivity contribution >= 4 is 12.1 Å². The van der Waals surface area contributed by atoms with Gasteiger partial charge in [-0.1, -0.05) is 0 Å². The van der Waals surface area contributed by atoms with E-state index >= 15 is 0 Å². The standard InChI is InChI=1S/C17H32N2O4/c1-5-22-15(20)12-13-6-8-14(9-7-13)18-10-11-19-16(21)23-17(2,3)4/h13-14,18H,5-12H2,1-4H3,(H,19,21). The molecule has 1 aliphatic rings. The second kappa shape index (κ2) is 9.75. The SMILES string of the molecule is CCOC(=O)CC1CCC(NCCNC(=O)OC(C)(C)C)CC1. The molecule has 0 atom stereocenters. The van der Waals surface area contributed by atoms with Gasteiger partial charge in [-0.3, -0.25) is 4.79 Å². The van der Waals surface area contributed by atoms with Crippen LogP contribution in [0.15, 0.2) is 0 Å². The minimum absolute atomic E-state index is 0.0783. The van der Waals surface area contributed by atoms with Crippen LogP contribution in [0.25, 0.3) is 0 Å². The van der Waals surface area contributed by atoms with Gasteiger partial charge in [0.15, 0.2) is 0 Å². The molecule has 6 nitrogen and oxygen atoms in total. The number of hydrogen-bond acceptors (Lipinski definition) is 5. The molecule has 0 bridgehead atoms. The van der Waals surface area contributed by atoms with Crippen molar-refractivity contribution in [3.63, 3.8) is 0 Å². The fourth-order valence-corrected chi connectivity index (χ4v) is 2.78. The first-order valence-electron chi connectivity index (χ1n) is 8.66. The van der Waals surface area contributed by atoms with Gasteiger partial charge in [0.2, 0.25) is 0 Å². The van der Waals surface area contributed by atoms with Crippen molar-refractivity contribution in [2.45, 2.75) is 71.4 Å². The maximum absolute atomic E-state index is 11.5. The van der Waals surface area contributed by atoms with E-state index in [-0.39, 0.29) is 12.1 Å². The zero-order valence-corrected chi connectivity index (χ0v) is 14.9. The summed E-state index contributed by atoms with van der Waals surface area (Å²) in [4.78, 5) is 23.0. The third kappa shape index (κ3) is 9.43. The topological polar surface area (TPSA) is 76.7 Å². The molecular formula is C17H32N2O4. The first-order chi connectivity index (χ1) is 10.8. The van der Waals surface area contributed by atoms with Gasteiger partial charge in [0, 0.05) is 25.6 Å². The van der Waals surface area contributed by atoms with Crippen molar-refractivity contribution in [3.05, 3.63) is 0 Å². The zero-order valence-electron chi connectivity index (χ0n) is 14.9. The Labute approximate surface area is 139 Å². The first kappa shape index (κ1) is 19.7. The molecule has 1 saturated carbocycles. The van der Waals surface area contributed by atoms with Gasteiger partial charge in [-0.15, -0.1) is 0 Å². The van der Waals surface area contributed by atoms with E-state index in [1.54, 1.807) is 0 Å². The lowest BCUT2D eigenvalue weighted by molar-refractivity contribution is -0.144. The molecule has 2 N–H and O–H groups in total. The Morgan fingerprint density at radius 3 is 2.30 bits per heavy atom. The predicted molar refractivity (Wildman–Crippen MR) is 89.2 cm³/mol. The molecule has 134 valence electrons. The number of nitrogens with one attached hydrogen (secondary N) is 2. The van der Waals surface area contributed by atoms with Crippen molar-refractivity contribution in [1.29, 1.82) is 0 Å². The molecule has 0 saturated heterocycles. The van der Waals surface area contributed by atoms with Gasteiger partial charge < -0.3 is 20.1 Å². The third-order valence-corrected chi connectivity index (χ3v) is 3.83. The minimum Gasteiger partial charge on any atom is -0.466 e. The number of alkyl carbamates (subject to hydrolysis) is 1. The number of amides is 1. The lowest BCUT2D eigenvalue weighted by Gasteiger charge is -2.28. The third-order valence-electron chi connectivity index (χ3n) is 3.83. The van der Waals surface area contributed by atoms with Crippen molar-refractivity contribution in [2.75, 3.05) is 19.7 Å². The van der Waals surface area contributed by atoms with E-state index in [1.807, 2.05) is 27.7 Å². The van der Waals surface area contributed by atoms with Crippen molar-refractivity contribution < 1.29 is 19.1 Å². The van der Waals surface area contributed by atoms with E-state index in [1.165, 1.54) is 0 Å². The highest BCUT2D eigenvalue weighted by Crippen LogP contribution is 2.27. The summed E-state index contributed by atoms with van der Waals surface area (Å²) in [6.07, 6.45) is 4.40. The summed E-state index contributed by atoms with van der Waals surface area (Å²) in [5.74, 6) is 0.373. The Morgan fingerprint density at radius 1 is 1.09 bits per heavy atom. The molecule has 0 radical (unpaired) electrons. The number of carbonyl (C=O) groups excluding carboxylic acids is 2. The Morgan fingerprint density at radius 2 is 1.74 bits per heavy atom. The van der Waals surface area contributed by atoms with E-state index in [4.69, 9.17) is 9.47 Å². The van der Waals surface area contributed by atoms with Crippen LogP contribution in [-0.4, -0.2) is 43.4 Å². The summed E-state index contributed by atoms with van der Waals surface area (Å²) in [5.41, 5.74) is -0.463. The van der Waals surface area contributed by atoms with Crippen LogP contribution in [0.2, 0.25) is 0 Å². The molecule has 23 heavy (non-hydrogen) atoms. The van der Waals surface area contributed by atoms with Crippen LogP contribution in [0.5, 0.6) is 0 Å². The largest absolute Gasteiger partial charge is 0.466 e. The van der Waals surface area contributed by atoms with Crippen LogP contribution < -0.4 is 10.6 Å². The molecule has 0 spiro atoms. The van der Waals surface area contributed by atoms with Crippen molar-refractivity contribution in [3.8, 4) is 0 Å². The minimum atomic E-state index is -0.463. The smallest absolute Gasteiger partial charge is 0.407 e. The van der Waals surface area contributed by atoms with Crippen LogP contribution in [0.1, 0.15) is 59.8 Å². The van der Waals surface area contributed by atoms with Crippen LogP contribution >= 0.6 is 0 Å². The summed E-state index contributed by atoms with van der Waals surface area (Å²) < 4.78 is 10.2. The zero-order chi connectivity index (χ0) is 17.3. The summed E-state index contributed by atoms with van der Waals surface area (Å²) in [5, 5.41) is 6.20. The summed E-state index contributed by atoms with van der Waals surface area (Å²) in [6.45, 7) is 9.12. The van der Waals surface area contributed by atoms with Crippen molar-refractivity contribution in [2.24, 2.45) is 5.92 Å². The Bertz CT molecular complexity index is 371. The van der Waals surface area contributed by atoms with E-state index < -0.39 is 5.60 Å². The monoisotopic (exact) mass is 328 g/mol. The van der Waals surface area contributed by atoms with Crippen LogP contribution in [0.3, 0.4) is 0 Å². The lowest BCUT2D eigenvalue weighted by atomic mass is 9.84. The Kier molecular flexibility index (Phi) is 8.37. The Hall–Kier alpha value is -1.30. The number of rotatable bonds is 7. The second-order valence-corrected chi connectivity index (χ2v) is 7.11. The predicted octanol–water partition coefficient (Wildman–Crippen LogP) is 2.61. The molecule has 0 aromatic rings. The van der Waals surface area contributed by atoms with E-state index in [0.29, 0.717) is 31.5 Å². The van der Waals surface area contributed by atoms with E-state index in [2.05, 4.69) is 10.6 Å². The molecular weight excluding hydrogens is 296 g/mol. The number of hydrogen-bond donors (Lipinski definition) is 2. The second-order valence-electron chi connectivity index (χ2n) is 7.11. The number of esters is 1. The van der Waals surface area contributed by atoms with Crippen LogP contribution in [-0.2, 0) is 14.3 Å². The molecule has 6 heteroatoms. The van der Waals surface area contributed by atoms with Gasteiger partial charge in [-0.25, -0.2) is 4.79 Å². The van der Waals surface area contributed by atoms with Gasteiger partial charge >= 0.3 is 12.1 Å². The lowest BCUT2D eigenvalue weighted by Crippen LogP contribution is -2.40. The molecule has 1 rings (SSSR count). The van der Waals surface area contributed by atoms with Gasteiger partial charge in [0.1, 0.15) is 5.60 Å². The molecule has 0 aromatic carbocycles. The highest BCUT2D eigenvalue weighted by Gasteiger charge is 2.23. The van der Waals surface area contributed by atoms with E-state index in [0.717, 1.165) is 32.2 Å². The van der Waals surface area contributed by atoms with Gasteiger partial charge in [0.05, 0.1) is 6.61 Å². The fraction of sp³-hybridized carbons (Fsp3) is 0.882. The average Bonchev–Trinajstić information content (AvgIpc) is 2.43. The molecule has 0 unspecified atom stereocenters. The van der Waals surface area contributed by atoms with Crippen molar-refractivity contribution in [1.82, 2.24) is 10.6 Å². The molecule has 0 aliphatic heterocycles. The number of ether oxygens (including phenoxy) is 2. The Balaban J connectivity index is 2.08. The number of carbonyl (C=O) groups is 2. The quantitative estimate of drug-likeness (QED) is 0.555. The molecule has 0 heterocycles. The molecule has 1 amide bonds. The highest BCUT2D eigenvalue weighted by atomic mass is 16.6. The summed E-state index contributed by atoms with van der Waals surface area (Å²) >= 11 is 0. The van der Waals surface area contributed by atoms with E-state index in [9.17, 15) is 9.59 Å². The first-order valence-corrected chi connectivity index (χ1v) is 8.66. The van der Waals surface area contributed by atoms with Crippen LogP contribution in [0.4, 0.5) is 4.79 Å². The van der Waals surface area contributed by atoms with Crippen LogP contribution in [0, 0.1) is 5.92 Å². The maximum atomic E-state index is 11.5. The molecule has 0 aromatic heterocycles. The van der Waals surface area contributed by atoms with Gasteiger partial charge in [-0.05, 0) is 59.3 Å². The maximum Gasteiger partial charge on any atom is 0.407 e. The summed E-state index contributed by atoms with van der Waals surface area (Å²) in [7, 11) is 0. The molecule has 1 fully saturated rings. The highest BCUT2D eigenvalue weighted by molar-refractivity contribution is 5.69. The fourth-order valence-electron chi connectivity index (χ4n) is 2.78.